The highest BCUT2D eigenvalue weighted by Crippen LogP contribution is 2.17. The van der Waals surface area contributed by atoms with Gasteiger partial charge in [-0.1, -0.05) is 0 Å². The molecule has 3 heteroatoms. The first-order chi connectivity index (χ1) is 4.25. The first-order valence-corrected chi connectivity index (χ1v) is 3.93. The zero-order valence-electron chi connectivity index (χ0n) is 5.59. The third-order valence-corrected chi connectivity index (χ3v) is 2.15. The van der Waals surface area contributed by atoms with E-state index in [1.165, 1.54) is 5.03 Å². The van der Waals surface area contributed by atoms with E-state index in [1.807, 2.05) is 30.0 Å². The number of thioether (sulfide) groups is 1. The average molecular weight is 142 g/mol. The van der Waals surface area contributed by atoms with Crippen molar-refractivity contribution in [2.75, 3.05) is 12.0 Å². The van der Waals surface area contributed by atoms with E-state index in [4.69, 9.17) is 5.73 Å². The normalized spacial score (nSPS) is 10.0. The van der Waals surface area contributed by atoms with Gasteiger partial charge in [0.05, 0.1) is 5.03 Å². The number of nitrogen functional groups attached to an aromatic ring is 1. The maximum atomic E-state index is 5.57. The number of rotatable bonds is 1. The predicted molar refractivity (Wildman–Crippen MR) is 41.6 cm³/mol. The van der Waals surface area contributed by atoms with Crippen LogP contribution in [-0.4, -0.2) is 10.8 Å². The molecule has 0 aliphatic carbocycles. The molecule has 0 saturated carbocycles. The van der Waals surface area contributed by atoms with Crippen LogP contribution in [-0.2, 0) is 7.05 Å². The predicted octanol–water partition coefficient (Wildman–Crippen LogP) is 1.33. The van der Waals surface area contributed by atoms with Gasteiger partial charge in [0.1, 0.15) is 5.82 Å². The Morgan fingerprint density at radius 2 is 2.22 bits per heavy atom. The quantitative estimate of drug-likeness (QED) is 0.600. The van der Waals surface area contributed by atoms with Crippen LogP contribution in [0.5, 0.6) is 0 Å². The molecule has 1 rings (SSSR count). The van der Waals surface area contributed by atoms with Crippen LogP contribution in [0.25, 0.3) is 0 Å². The van der Waals surface area contributed by atoms with E-state index in [9.17, 15) is 0 Å². The SMILES string of the molecule is CSc1ccc(N)n1C. The summed E-state index contributed by atoms with van der Waals surface area (Å²) in [5, 5.41) is 1.20. The van der Waals surface area contributed by atoms with Crippen molar-refractivity contribution >= 4 is 17.6 Å². The molecule has 0 fully saturated rings. The molecule has 0 spiro atoms. The molecule has 1 aromatic heterocycles. The average Bonchev–Trinajstić information content (AvgIpc) is 2.15. The highest BCUT2D eigenvalue weighted by atomic mass is 32.2. The second-order valence-electron chi connectivity index (χ2n) is 1.86. The van der Waals surface area contributed by atoms with Crippen molar-refractivity contribution in [2.45, 2.75) is 5.03 Å². The molecule has 1 heterocycles. The van der Waals surface area contributed by atoms with Crippen LogP contribution in [0.15, 0.2) is 17.2 Å². The summed E-state index contributed by atoms with van der Waals surface area (Å²) in [5.41, 5.74) is 5.57. The van der Waals surface area contributed by atoms with Gasteiger partial charge in [-0.3, -0.25) is 0 Å². The van der Waals surface area contributed by atoms with Gasteiger partial charge in [0.2, 0.25) is 0 Å². The van der Waals surface area contributed by atoms with Gasteiger partial charge in [0, 0.05) is 7.05 Å². The Hall–Kier alpha value is -0.570. The summed E-state index contributed by atoms with van der Waals surface area (Å²) in [4.78, 5) is 0. The van der Waals surface area contributed by atoms with Gasteiger partial charge in [-0.2, -0.15) is 0 Å². The third-order valence-electron chi connectivity index (χ3n) is 1.32. The molecular formula is C6H10N2S. The molecule has 1 aromatic rings. The Morgan fingerprint density at radius 1 is 1.56 bits per heavy atom. The standard InChI is InChI=1S/C6H10N2S/c1-8-5(7)3-4-6(8)9-2/h3-4H,7H2,1-2H3. The van der Waals surface area contributed by atoms with Crippen LogP contribution in [0.3, 0.4) is 0 Å². The van der Waals surface area contributed by atoms with Crippen LogP contribution >= 0.6 is 11.8 Å². The molecular weight excluding hydrogens is 132 g/mol. The fourth-order valence-electron chi connectivity index (χ4n) is 0.712. The Bertz CT molecular complexity index is 205. The number of hydrogen-bond acceptors (Lipinski definition) is 2. The molecule has 9 heavy (non-hydrogen) atoms. The van der Waals surface area contributed by atoms with Gasteiger partial charge < -0.3 is 10.3 Å². The first kappa shape index (κ1) is 6.55. The molecule has 50 valence electrons. The lowest BCUT2D eigenvalue weighted by molar-refractivity contribution is 0.842. The minimum absolute atomic E-state index is 0.819. The lowest BCUT2D eigenvalue weighted by Gasteiger charge is -1.98. The van der Waals surface area contributed by atoms with Crippen molar-refractivity contribution in [3.05, 3.63) is 12.1 Å². The number of aromatic nitrogens is 1. The highest BCUT2D eigenvalue weighted by Gasteiger charge is 1.96. The molecule has 0 aromatic carbocycles. The van der Waals surface area contributed by atoms with E-state index in [0.29, 0.717) is 0 Å². The van der Waals surface area contributed by atoms with Gasteiger partial charge in [0.15, 0.2) is 0 Å². The molecule has 0 atom stereocenters. The highest BCUT2D eigenvalue weighted by molar-refractivity contribution is 7.98. The summed E-state index contributed by atoms with van der Waals surface area (Å²) in [6, 6.07) is 3.92. The maximum absolute atomic E-state index is 5.57. The minimum atomic E-state index is 0.819. The number of nitrogens with two attached hydrogens (primary N) is 1. The number of hydrogen-bond donors (Lipinski definition) is 1. The molecule has 0 aliphatic heterocycles. The summed E-state index contributed by atoms with van der Waals surface area (Å²) in [7, 11) is 1.96. The van der Waals surface area contributed by atoms with E-state index in [0.717, 1.165) is 5.82 Å². The van der Waals surface area contributed by atoms with E-state index in [1.54, 1.807) is 11.8 Å². The van der Waals surface area contributed by atoms with Crippen LogP contribution < -0.4 is 5.73 Å². The molecule has 2 nitrogen and oxygen atoms in total. The van der Waals surface area contributed by atoms with Crippen molar-refractivity contribution in [1.82, 2.24) is 4.57 Å². The van der Waals surface area contributed by atoms with Gasteiger partial charge in [-0.05, 0) is 18.4 Å². The van der Waals surface area contributed by atoms with Crippen LogP contribution in [0.1, 0.15) is 0 Å². The van der Waals surface area contributed by atoms with Gasteiger partial charge >= 0.3 is 0 Å². The summed E-state index contributed by atoms with van der Waals surface area (Å²) in [6.45, 7) is 0. The molecule has 0 amide bonds. The smallest absolute Gasteiger partial charge is 0.103 e. The van der Waals surface area contributed by atoms with E-state index < -0.39 is 0 Å². The molecule has 0 radical (unpaired) electrons. The topological polar surface area (TPSA) is 30.9 Å². The molecule has 0 aliphatic rings. The summed E-state index contributed by atoms with van der Waals surface area (Å²) >= 11 is 1.70. The Kier molecular flexibility index (Phi) is 1.71. The second kappa shape index (κ2) is 2.35. The van der Waals surface area contributed by atoms with E-state index in [2.05, 4.69) is 0 Å². The summed E-state index contributed by atoms with van der Waals surface area (Å²) in [5.74, 6) is 0.819. The summed E-state index contributed by atoms with van der Waals surface area (Å²) in [6.07, 6.45) is 2.04. The third kappa shape index (κ3) is 1.05. The zero-order valence-corrected chi connectivity index (χ0v) is 6.40. The fraction of sp³-hybridized carbons (Fsp3) is 0.333. The first-order valence-electron chi connectivity index (χ1n) is 2.71. The molecule has 0 unspecified atom stereocenters. The van der Waals surface area contributed by atoms with Crippen molar-refractivity contribution < 1.29 is 0 Å². The van der Waals surface area contributed by atoms with Crippen LogP contribution in [0.4, 0.5) is 5.82 Å². The second-order valence-corrected chi connectivity index (χ2v) is 2.69. The molecule has 2 N–H and O–H groups in total. The van der Waals surface area contributed by atoms with E-state index in [-0.39, 0.29) is 0 Å². The fourth-order valence-corrected chi connectivity index (χ4v) is 1.30. The van der Waals surface area contributed by atoms with Crippen LogP contribution in [0, 0.1) is 0 Å². The summed E-state index contributed by atoms with van der Waals surface area (Å²) < 4.78 is 1.96. The monoisotopic (exact) mass is 142 g/mol. The maximum Gasteiger partial charge on any atom is 0.103 e. The van der Waals surface area contributed by atoms with E-state index >= 15 is 0 Å². The largest absolute Gasteiger partial charge is 0.385 e. The number of anilines is 1. The minimum Gasteiger partial charge on any atom is -0.385 e. The van der Waals surface area contributed by atoms with Gasteiger partial charge in [-0.25, -0.2) is 0 Å². The van der Waals surface area contributed by atoms with Gasteiger partial charge in [-0.15, -0.1) is 11.8 Å². The Balaban J connectivity index is 3.04. The lowest BCUT2D eigenvalue weighted by Crippen LogP contribution is -1.95. The van der Waals surface area contributed by atoms with Crippen molar-refractivity contribution in [3.63, 3.8) is 0 Å². The number of nitrogens with zero attached hydrogens (tertiary/aromatic N) is 1. The van der Waals surface area contributed by atoms with Crippen LogP contribution in [0.2, 0.25) is 0 Å². The van der Waals surface area contributed by atoms with Crippen molar-refractivity contribution in [3.8, 4) is 0 Å². The lowest BCUT2D eigenvalue weighted by atomic mass is 10.6. The molecule has 0 saturated heterocycles. The van der Waals surface area contributed by atoms with Crippen molar-refractivity contribution in [1.29, 1.82) is 0 Å². The van der Waals surface area contributed by atoms with Gasteiger partial charge in [0.25, 0.3) is 0 Å². The Morgan fingerprint density at radius 3 is 2.44 bits per heavy atom. The molecule has 0 bridgehead atoms. The zero-order chi connectivity index (χ0) is 6.85. The van der Waals surface area contributed by atoms with Crippen molar-refractivity contribution in [2.24, 2.45) is 7.05 Å². The Labute approximate surface area is 59.0 Å².